The van der Waals surface area contributed by atoms with Crippen LogP contribution in [0.4, 0.5) is 5.69 Å². The van der Waals surface area contributed by atoms with Gasteiger partial charge in [-0.3, -0.25) is 13.9 Å². The van der Waals surface area contributed by atoms with E-state index in [2.05, 4.69) is 5.32 Å². The third-order valence-corrected chi connectivity index (χ3v) is 6.76. The first-order chi connectivity index (χ1) is 17.1. The first-order valence-corrected chi connectivity index (χ1v) is 14.0. The minimum Gasteiger partial charge on any atom is -0.491 e. The van der Waals surface area contributed by atoms with Gasteiger partial charge in [0.1, 0.15) is 12.3 Å². The standard InChI is InChI=1S/C26H35N3O6S/c1-20(2)35-24-8-4-6-21(18-24)7-5-13-27-25(30)19-29(36(3,32)33)23-11-9-22(10-12-23)26(31)28-14-16-34-17-15-28/h4,6,8-12,18,20H,5,7,13-17,19H2,1-3H3,(H,27,30). The summed E-state index contributed by atoms with van der Waals surface area (Å²) >= 11 is 0. The summed E-state index contributed by atoms with van der Waals surface area (Å²) in [5.74, 6) is 0.286. The van der Waals surface area contributed by atoms with Gasteiger partial charge in [0.2, 0.25) is 15.9 Å². The number of anilines is 1. The maximum absolute atomic E-state index is 12.6. The van der Waals surface area contributed by atoms with Crippen LogP contribution in [0.25, 0.3) is 0 Å². The van der Waals surface area contributed by atoms with Gasteiger partial charge in [0, 0.05) is 25.2 Å². The lowest BCUT2D eigenvalue weighted by atomic mass is 10.1. The van der Waals surface area contributed by atoms with Gasteiger partial charge in [0.15, 0.2) is 0 Å². The first kappa shape index (κ1) is 27.5. The molecule has 10 heteroatoms. The average Bonchev–Trinajstić information content (AvgIpc) is 2.84. The maximum atomic E-state index is 12.6. The minimum atomic E-state index is -3.71. The monoisotopic (exact) mass is 517 g/mol. The predicted octanol–water partition coefficient (Wildman–Crippen LogP) is 2.46. The highest BCUT2D eigenvalue weighted by molar-refractivity contribution is 7.92. The highest BCUT2D eigenvalue weighted by Gasteiger charge is 2.22. The lowest BCUT2D eigenvalue weighted by Gasteiger charge is -2.27. The summed E-state index contributed by atoms with van der Waals surface area (Å²) in [7, 11) is -3.71. The Morgan fingerprint density at radius 3 is 2.44 bits per heavy atom. The molecule has 0 saturated carbocycles. The first-order valence-electron chi connectivity index (χ1n) is 12.1. The zero-order chi connectivity index (χ0) is 26.1. The molecule has 0 radical (unpaired) electrons. The summed E-state index contributed by atoms with van der Waals surface area (Å²) in [6, 6.07) is 14.1. The Morgan fingerprint density at radius 2 is 1.81 bits per heavy atom. The zero-order valence-corrected chi connectivity index (χ0v) is 21.9. The normalized spacial score (nSPS) is 13.9. The van der Waals surface area contributed by atoms with Gasteiger partial charge in [-0.05, 0) is 68.7 Å². The van der Waals surface area contributed by atoms with Crippen LogP contribution in [-0.4, -0.2) is 76.9 Å². The molecule has 2 aromatic rings. The van der Waals surface area contributed by atoms with Crippen LogP contribution in [0, 0.1) is 0 Å². The molecule has 1 heterocycles. The third kappa shape index (κ3) is 8.23. The summed E-state index contributed by atoms with van der Waals surface area (Å²) in [5, 5.41) is 2.80. The van der Waals surface area contributed by atoms with Crippen molar-refractivity contribution in [3.8, 4) is 5.75 Å². The smallest absolute Gasteiger partial charge is 0.254 e. The van der Waals surface area contributed by atoms with E-state index in [4.69, 9.17) is 9.47 Å². The van der Waals surface area contributed by atoms with Crippen molar-refractivity contribution in [3.63, 3.8) is 0 Å². The zero-order valence-electron chi connectivity index (χ0n) is 21.1. The van der Waals surface area contributed by atoms with Crippen molar-refractivity contribution in [1.82, 2.24) is 10.2 Å². The van der Waals surface area contributed by atoms with Crippen molar-refractivity contribution in [2.24, 2.45) is 0 Å². The topological polar surface area (TPSA) is 105 Å². The Bertz CT molecular complexity index is 1130. The Hall–Kier alpha value is -3.11. The van der Waals surface area contributed by atoms with Crippen LogP contribution < -0.4 is 14.4 Å². The molecule has 1 fully saturated rings. The molecule has 0 spiro atoms. The maximum Gasteiger partial charge on any atom is 0.254 e. The second-order valence-electron chi connectivity index (χ2n) is 8.99. The van der Waals surface area contributed by atoms with E-state index in [-0.39, 0.29) is 18.6 Å². The quantitative estimate of drug-likeness (QED) is 0.459. The van der Waals surface area contributed by atoms with Crippen LogP contribution in [0.3, 0.4) is 0 Å². The molecular formula is C26H35N3O6S. The molecular weight excluding hydrogens is 482 g/mol. The molecule has 2 aromatic carbocycles. The van der Waals surface area contributed by atoms with E-state index >= 15 is 0 Å². The van der Waals surface area contributed by atoms with Gasteiger partial charge >= 0.3 is 0 Å². The van der Waals surface area contributed by atoms with E-state index in [9.17, 15) is 18.0 Å². The summed E-state index contributed by atoms with van der Waals surface area (Å²) in [5.41, 5.74) is 1.89. The number of hydrogen-bond donors (Lipinski definition) is 1. The summed E-state index contributed by atoms with van der Waals surface area (Å²) < 4.78 is 36.8. The van der Waals surface area contributed by atoms with Gasteiger partial charge < -0.3 is 19.7 Å². The fraction of sp³-hybridized carbons (Fsp3) is 0.462. The summed E-state index contributed by atoms with van der Waals surface area (Å²) in [4.78, 5) is 26.9. The molecule has 196 valence electrons. The Morgan fingerprint density at radius 1 is 1.11 bits per heavy atom. The van der Waals surface area contributed by atoms with Crippen LogP contribution in [0.15, 0.2) is 48.5 Å². The van der Waals surface area contributed by atoms with Gasteiger partial charge in [0.05, 0.1) is 31.3 Å². The number of sulfonamides is 1. The number of nitrogens with one attached hydrogen (secondary N) is 1. The van der Waals surface area contributed by atoms with E-state index < -0.39 is 15.9 Å². The molecule has 36 heavy (non-hydrogen) atoms. The molecule has 0 unspecified atom stereocenters. The van der Waals surface area contributed by atoms with Gasteiger partial charge in [-0.2, -0.15) is 0 Å². The number of morpholine rings is 1. The van der Waals surface area contributed by atoms with Gasteiger partial charge in [0.25, 0.3) is 5.91 Å². The van der Waals surface area contributed by atoms with E-state index in [1.54, 1.807) is 29.2 Å². The number of aryl methyl sites for hydroxylation is 1. The number of hydrogen-bond acceptors (Lipinski definition) is 6. The van der Waals surface area contributed by atoms with Crippen LogP contribution >= 0.6 is 0 Å². The minimum absolute atomic E-state index is 0.0961. The fourth-order valence-corrected chi connectivity index (χ4v) is 4.73. The second kappa shape index (κ2) is 12.7. The molecule has 1 saturated heterocycles. The Balaban J connectivity index is 1.53. The molecule has 9 nitrogen and oxygen atoms in total. The highest BCUT2D eigenvalue weighted by Crippen LogP contribution is 2.20. The van der Waals surface area contributed by atoms with Gasteiger partial charge in [-0.1, -0.05) is 12.1 Å². The fourth-order valence-electron chi connectivity index (χ4n) is 3.87. The number of rotatable bonds is 11. The third-order valence-electron chi connectivity index (χ3n) is 5.62. The lowest BCUT2D eigenvalue weighted by Crippen LogP contribution is -2.41. The van der Waals surface area contributed by atoms with Crippen molar-refractivity contribution in [2.45, 2.75) is 32.8 Å². The van der Waals surface area contributed by atoms with Crippen molar-refractivity contribution in [1.29, 1.82) is 0 Å². The second-order valence-corrected chi connectivity index (χ2v) is 10.9. The van der Waals surface area contributed by atoms with Gasteiger partial charge in [-0.15, -0.1) is 0 Å². The van der Waals surface area contributed by atoms with Crippen LogP contribution in [0.1, 0.15) is 36.2 Å². The molecule has 2 amide bonds. The lowest BCUT2D eigenvalue weighted by molar-refractivity contribution is -0.119. The molecule has 1 N–H and O–H groups in total. The molecule has 1 aliphatic heterocycles. The van der Waals surface area contributed by atoms with Crippen LogP contribution in [0.2, 0.25) is 0 Å². The van der Waals surface area contributed by atoms with Crippen molar-refractivity contribution in [2.75, 3.05) is 50.0 Å². The average molecular weight is 518 g/mol. The highest BCUT2D eigenvalue weighted by atomic mass is 32.2. The number of amides is 2. The van der Waals surface area contributed by atoms with E-state index in [1.165, 1.54) is 0 Å². The predicted molar refractivity (Wildman–Crippen MR) is 139 cm³/mol. The molecule has 0 atom stereocenters. The Kier molecular flexibility index (Phi) is 9.72. The number of carbonyl (C=O) groups is 2. The largest absolute Gasteiger partial charge is 0.491 e. The van der Waals surface area contributed by atoms with Crippen LogP contribution in [-0.2, 0) is 26.0 Å². The van der Waals surface area contributed by atoms with Crippen molar-refractivity contribution in [3.05, 3.63) is 59.7 Å². The number of carbonyl (C=O) groups excluding carboxylic acids is 2. The van der Waals surface area contributed by atoms with Gasteiger partial charge in [-0.25, -0.2) is 8.42 Å². The molecule has 1 aliphatic rings. The molecule has 3 rings (SSSR count). The molecule has 0 aliphatic carbocycles. The Labute approximate surface area is 213 Å². The SMILES string of the molecule is CC(C)Oc1cccc(CCCNC(=O)CN(c2ccc(C(=O)N3CCOCC3)cc2)S(C)(=O)=O)c1. The number of ether oxygens (including phenoxy) is 2. The number of benzene rings is 2. The van der Waals surface area contributed by atoms with E-state index in [0.717, 1.165) is 28.3 Å². The van der Waals surface area contributed by atoms with Crippen molar-refractivity contribution >= 4 is 27.5 Å². The molecule has 0 aromatic heterocycles. The van der Waals surface area contributed by atoms with Crippen molar-refractivity contribution < 1.29 is 27.5 Å². The summed E-state index contributed by atoms with van der Waals surface area (Å²) in [6.07, 6.45) is 2.61. The molecule has 0 bridgehead atoms. The number of nitrogens with zero attached hydrogens (tertiary/aromatic N) is 2. The van der Waals surface area contributed by atoms with Crippen LogP contribution in [0.5, 0.6) is 5.75 Å². The van der Waals surface area contributed by atoms with E-state index in [1.807, 2.05) is 38.1 Å². The summed E-state index contributed by atoms with van der Waals surface area (Å²) in [6.45, 7) is 6.06. The van der Waals surface area contributed by atoms with E-state index in [0.29, 0.717) is 50.5 Å².